The first kappa shape index (κ1) is 10.5. The number of carbonyl (C=O) groups excluding carboxylic acids is 1. The van der Waals surface area contributed by atoms with Gasteiger partial charge in [-0.25, -0.2) is 13.1 Å². The Bertz CT molecular complexity index is 418. The molecule has 0 aliphatic rings. The summed E-state index contributed by atoms with van der Waals surface area (Å²) in [5, 5.41) is 0. The van der Waals surface area contributed by atoms with Crippen LogP contribution in [0.4, 0.5) is 0 Å². The summed E-state index contributed by atoms with van der Waals surface area (Å²) in [5.74, 6) is -1.13. The van der Waals surface area contributed by atoms with Gasteiger partial charge in [0.1, 0.15) is 0 Å². The first-order valence-corrected chi connectivity index (χ1v) is 5.39. The zero-order valence-corrected chi connectivity index (χ0v) is 8.08. The van der Waals surface area contributed by atoms with Gasteiger partial charge >= 0.3 is 0 Å². The lowest BCUT2D eigenvalue weighted by Crippen LogP contribution is -2.31. The van der Waals surface area contributed by atoms with Crippen molar-refractivity contribution in [3.63, 3.8) is 0 Å². The van der Waals surface area contributed by atoms with E-state index in [1.165, 1.54) is 24.5 Å². The molecule has 0 spiro atoms. The summed E-state index contributed by atoms with van der Waals surface area (Å²) < 4.78 is 28.7. The fraction of sp³-hybridized carbons (Fsp3) is 0.125. The van der Waals surface area contributed by atoms with Crippen molar-refractivity contribution in [1.29, 1.82) is 0 Å². The van der Waals surface area contributed by atoms with Crippen molar-refractivity contribution in [2.24, 2.45) is 0 Å². The van der Waals surface area contributed by atoms with E-state index in [4.69, 9.17) is 4.42 Å². The lowest BCUT2D eigenvalue weighted by molar-refractivity contribution is 0.0954. The predicted molar refractivity (Wildman–Crippen MR) is 50.2 cm³/mol. The number of rotatable bonds is 4. The van der Waals surface area contributed by atoms with Crippen LogP contribution in [0.5, 0.6) is 0 Å². The highest BCUT2D eigenvalue weighted by atomic mass is 32.2. The Balaban J connectivity index is 2.71. The lowest BCUT2D eigenvalue weighted by Gasteiger charge is -2.01. The van der Waals surface area contributed by atoms with Gasteiger partial charge in [-0.3, -0.25) is 4.79 Å². The van der Waals surface area contributed by atoms with Gasteiger partial charge in [0.2, 0.25) is 10.0 Å². The molecule has 14 heavy (non-hydrogen) atoms. The average Bonchev–Trinajstić information content (AvgIpc) is 2.53. The number of hydrogen-bond acceptors (Lipinski definition) is 4. The molecule has 0 unspecified atom stereocenters. The standard InChI is InChI=1S/C8H9NO4S/c1-2-6-14(11,12)9-8(10)7-4-3-5-13-7/h2-5H,1,6H2,(H,9,10). The van der Waals surface area contributed by atoms with Gasteiger partial charge in [-0.1, -0.05) is 6.08 Å². The van der Waals surface area contributed by atoms with Crippen LogP contribution in [0.1, 0.15) is 10.6 Å². The van der Waals surface area contributed by atoms with Crippen molar-refractivity contribution in [2.75, 3.05) is 5.75 Å². The molecule has 0 fully saturated rings. The molecule has 0 atom stereocenters. The largest absolute Gasteiger partial charge is 0.459 e. The molecule has 1 amide bonds. The molecular formula is C8H9NO4S. The molecule has 1 N–H and O–H groups in total. The van der Waals surface area contributed by atoms with Crippen LogP contribution in [0.3, 0.4) is 0 Å². The van der Waals surface area contributed by atoms with Crippen LogP contribution >= 0.6 is 0 Å². The molecule has 0 radical (unpaired) electrons. The van der Waals surface area contributed by atoms with Crippen molar-refractivity contribution >= 4 is 15.9 Å². The molecule has 0 saturated heterocycles. The van der Waals surface area contributed by atoms with Crippen molar-refractivity contribution in [1.82, 2.24) is 4.72 Å². The van der Waals surface area contributed by atoms with Crippen molar-refractivity contribution in [3.05, 3.63) is 36.8 Å². The molecule has 1 aromatic heterocycles. The van der Waals surface area contributed by atoms with E-state index in [2.05, 4.69) is 6.58 Å². The summed E-state index contributed by atoms with van der Waals surface area (Å²) in [5.41, 5.74) is 0. The van der Waals surface area contributed by atoms with Crippen molar-refractivity contribution < 1.29 is 17.6 Å². The number of furan rings is 1. The van der Waals surface area contributed by atoms with E-state index in [0.29, 0.717) is 0 Å². The van der Waals surface area contributed by atoms with E-state index in [0.717, 1.165) is 0 Å². The molecule has 1 rings (SSSR count). The van der Waals surface area contributed by atoms with E-state index in [1.807, 2.05) is 4.72 Å². The van der Waals surface area contributed by atoms with Crippen LogP contribution in [0.15, 0.2) is 35.5 Å². The molecule has 0 aliphatic carbocycles. The third-order valence-electron chi connectivity index (χ3n) is 1.33. The summed E-state index contributed by atoms with van der Waals surface area (Å²) >= 11 is 0. The fourth-order valence-corrected chi connectivity index (χ4v) is 1.57. The van der Waals surface area contributed by atoms with E-state index in [1.54, 1.807) is 0 Å². The van der Waals surface area contributed by atoms with Gasteiger partial charge in [-0.2, -0.15) is 0 Å². The monoisotopic (exact) mass is 215 g/mol. The smallest absolute Gasteiger partial charge is 0.300 e. The zero-order chi connectivity index (χ0) is 10.6. The van der Waals surface area contributed by atoms with Crippen LogP contribution in [0.25, 0.3) is 0 Å². The molecular weight excluding hydrogens is 206 g/mol. The first-order chi connectivity index (χ1) is 6.55. The Labute approximate surface area is 81.5 Å². The topological polar surface area (TPSA) is 76.4 Å². The molecule has 0 saturated carbocycles. The maximum atomic E-state index is 11.2. The zero-order valence-electron chi connectivity index (χ0n) is 7.26. The van der Waals surface area contributed by atoms with Crippen molar-refractivity contribution in [2.45, 2.75) is 0 Å². The van der Waals surface area contributed by atoms with Crippen molar-refractivity contribution in [3.8, 4) is 0 Å². The first-order valence-electron chi connectivity index (χ1n) is 3.74. The second kappa shape index (κ2) is 4.10. The number of sulfonamides is 1. The maximum absolute atomic E-state index is 11.2. The van der Waals surface area contributed by atoms with Gasteiger partial charge in [0.15, 0.2) is 5.76 Å². The van der Waals surface area contributed by atoms with Gasteiger partial charge in [0, 0.05) is 0 Å². The molecule has 1 aromatic rings. The fourth-order valence-electron chi connectivity index (χ4n) is 0.796. The second-order valence-electron chi connectivity index (χ2n) is 2.48. The Kier molecular flexibility index (Phi) is 3.08. The van der Waals surface area contributed by atoms with E-state index in [-0.39, 0.29) is 11.5 Å². The Morgan fingerprint density at radius 3 is 2.86 bits per heavy atom. The minimum atomic E-state index is -3.63. The minimum Gasteiger partial charge on any atom is -0.459 e. The number of carbonyl (C=O) groups is 1. The molecule has 5 nitrogen and oxygen atoms in total. The third kappa shape index (κ3) is 2.74. The van der Waals surface area contributed by atoms with Gasteiger partial charge < -0.3 is 4.42 Å². The van der Waals surface area contributed by atoms with Crippen LogP contribution in [-0.2, 0) is 10.0 Å². The Morgan fingerprint density at radius 2 is 2.36 bits per heavy atom. The number of amides is 1. The van der Waals surface area contributed by atoms with Gasteiger partial charge in [0.25, 0.3) is 5.91 Å². The molecule has 0 aliphatic heterocycles. The van der Waals surface area contributed by atoms with Crippen LogP contribution in [0.2, 0.25) is 0 Å². The molecule has 76 valence electrons. The highest BCUT2D eigenvalue weighted by molar-refractivity contribution is 7.90. The van der Waals surface area contributed by atoms with Crippen LogP contribution in [0, 0.1) is 0 Å². The van der Waals surface area contributed by atoms with E-state index in [9.17, 15) is 13.2 Å². The minimum absolute atomic E-state index is 0.0439. The summed E-state index contributed by atoms with van der Waals surface area (Å²) in [6.07, 6.45) is 2.48. The van der Waals surface area contributed by atoms with Gasteiger partial charge in [-0.15, -0.1) is 6.58 Å². The summed E-state index contributed by atoms with van der Waals surface area (Å²) in [4.78, 5) is 11.2. The van der Waals surface area contributed by atoms with Gasteiger partial charge in [0.05, 0.1) is 12.0 Å². The maximum Gasteiger partial charge on any atom is 0.300 e. The highest BCUT2D eigenvalue weighted by Gasteiger charge is 2.15. The molecule has 1 heterocycles. The normalized spacial score (nSPS) is 10.9. The summed E-state index contributed by atoms with van der Waals surface area (Å²) in [6, 6.07) is 2.87. The molecule has 0 aromatic carbocycles. The van der Waals surface area contributed by atoms with Crippen LogP contribution in [-0.4, -0.2) is 20.1 Å². The Hall–Kier alpha value is -1.56. The molecule has 6 heteroatoms. The lowest BCUT2D eigenvalue weighted by atomic mass is 10.4. The van der Waals surface area contributed by atoms with Gasteiger partial charge in [-0.05, 0) is 12.1 Å². The van der Waals surface area contributed by atoms with E-state index >= 15 is 0 Å². The SMILES string of the molecule is C=CCS(=O)(=O)NC(=O)c1ccco1. The third-order valence-corrected chi connectivity index (χ3v) is 2.50. The second-order valence-corrected chi connectivity index (χ2v) is 4.25. The number of hydrogen-bond donors (Lipinski definition) is 1. The quantitative estimate of drug-likeness (QED) is 0.743. The highest BCUT2D eigenvalue weighted by Crippen LogP contribution is 2.00. The predicted octanol–water partition coefficient (Wildman–Crippen LogP) is 0.525. The van der Waals surface area contributed by atoms with E-state index < -0.39 is 15.9 Å². The molecule has 0 bridgehead atoms. The van der Waals surface area contributed by atoms with Crippen LogP contribution < -0.4 is 4.72 Å². The average molecular weight is 215 g/mol. The number of nitrogens with one attached hydrogen (secondary N) is 1. The summed E-state index contributed by atoms with van der Waals surface area (Å²) in [6.45, 7) is 3.26. The summed E-state index contributed by atoms with van der Waals surface area (Å²) in [7, 11) is -3.63. The Morgan fingerprint density at radius 1 is 1.64 bits per heavy atom.